The van der Waals surface area contributed by atoms with Crippen molar-refractivity contribution >= 4 is 23.4 Å². The number of rotatable bonds is 5. The molecule has 0 N–H and O–H groups in total. The van der Waals surface area contributed by atoms with Crippen LogP contribution in [0.3, 0.4) is 0 Å². The summed E-state index contributed by atoms with van der Waals surface area (Å²) >= 11 is 0. The van der Waals surface area contributed by atoms with Crippen molar-refractivity contribution in [2.45, 2.75) is 6.92 Å². The molecule has 0 amide bonds. The summed E-state index contributed by atoms with van der Waals surface area (Å²) in [5.41, 5.74) is -1.24. The maximum atomic E-state index is 12.3. The molecule has 2 aromatic rings. The molecule has 138 valence electrons. The fourth-order valence-electron chi connectivity index (χ4n) is 2.24. The minimum atomic E-state index is -1.01. The number of nitro benzene ring substituents is 2. The maximum absolute atomic E-state index is 12.3. The van der Waals surface area contributed by atoms with Gasteiger partial charge in [0.25, 0.3) is 11.4 Å². The molecule has 0 heterocycles. The second kappa shape index (κ2) is 8.21. The Morgan fingerprint density at radius 3 is 1.96 bits per heavy atom. The summed E-state index contributed by atoms with van der Waals surface area (Å²) in [6, 6.07) is 11.0. The molecule has 0 aliphatic rings. The van der Waals surface area contributed by atoms with Crippen molar-refractivity contribution in [3.63, 3.8) is 0 Å². The van der Waals surface area contributed by atoms with Gasteiger partial charge in [-0.3, -0.25) is 20.2 Å². The van der Waals surface area contributed by atoms with Crippen molar-refractivity contribution in [3.05, 3.63) is 78.9 Å². The standard InChI is InChI=1S/C18H10N4O6/c1-11-16(21(24)25)7-14(8-17(11)22(26)27)18(23)28-15-4-2-12(3-5-15)6-13(9-19)10-20/h2-8H,1H3. The number of allylic oxidation sites excluding steroid dienone is 1. The van der Waals surface area contributed by atoms with E-state index in [4.69, 9.17) is 15.3 Å². The highest BCUT2D eigenvalue weighted by atomic mass is 16.6. The molecule has 0 aliphatic carbocycles. The van der Waals surface area contributed by atoms with E-state index < -0.39 is 27.2 Å². The van der Waals surface area contributed by atoms with E-state index in [9.17, 15) is 25.0 Å². The molecule has 0 aliphatic heterocycles. The van der Waals surface area contributed by atoms with Gasteiger partial charge in [0.2, 0.25) is 0 Å². The molecule has 0 unspecified atom stereocenters. The second-order valence-electron chi connectivity index (χ2n) is 5.39. The fraction of sp³-hybridized carbons (Fsp3) is 0.0556. The lowest BCUT2D eigenvalue weighted by atomic mass is 10.1. The van der Waals surface area contributed by atoms with Crippen molar-refractivity contribution in [2.24, 2.45) is 0 Å². The fourth-order valence-corrected chi connectivity index (χ4v) is 2.24. The first-order valence-electron chi connectivity index (χ1n) is 7.54. The summed E-state index contributed by atoms with van der Waals surface area (Å²) in [6.45, 7) is 1.22. The van der Waals surface area contributed by atoms with Crippen molar-refractivity contribution in [1.29, 1.82) is 10.5 Å². The lowest BCUT2D eigenvalue weighted by Gasteiger charge is -2.06. The van der Waals surface area contributed by atoms with Gasteiger partial charge in [0.15, 0.2) is 0 Å². The largest absolute Gasteiger partial charge is 0.423 e. The number of carbonyl (C=O) groups excluding carboxylic acids is 1. The van der Waals surface area contributed by atoms with Gasteiger partial charge in [-0.05, 0) is 30.7 Å². The van der Waals surface area contributed by atoms with Crippen LogP contribution in [0.4, 0.5) is 11.4 Å². The van der Waals surface area contributed by atoms with Crippen molar-refractivity contribution in [2.75, 3.05) is 0 Å². The predicted octanol–water partition coefficient (Wildman–Crippen LogP) is 3.46. The van der Waals surface area contributed by atoms with Gasteiger partial charge in [-0.2, -0.15) is 10.5 Å². The number of benzene rings is 2. The molecule has 0 aromatic heterocycles. The van der Waals surface area contributed by atoms with Gasteiger partial charge in [0.1, 0.15) is 29.0 Å². The molecular weight excluding hydrogens is 368 g/mol. The molecule has 0 saturated heterocycles. The zero-order valence-corrected chi connectivity index (χ0v) is 14.3. The molecule has 0 saturated carbocycles. The molecule has 28 heavy (non-hydrogen) atoms. The van der Waals surface area contributed by atoms with Gasteiger partial charge in [-0.15, -0.1) is 0 Å². The quantitative estimate of drug-likeness (QED) is 0.251. The van der Waals surface area contributed by atoms with Crippen LogP contribution in [0, 0.1) is 49.8 Å². The molecule has 0 fully saturated rings. The summed E-state index contributed by atoms with van der Waals surface area (Å²) in [7, 11) is 0. The number of ether oxygens (including phenoxy) is 1. The molecule has 0 bridgehead atoms. The van der Waals surface area contributed by atoms with Crippen molar-refractivity contribution < 1.29 is 19.4 Å². The second-order valence-corrected chi connectivity index (χ2v) is 5.39. The van der Waals surface area contributed by atoms with E-state index in [1.807, 2.05) is 0 Å². The Balaban J connectivity index is 2.32. The number of esters is 1. The number of nitriles is 2. The smallest absolute Gasteiger partial charge is 0.344 e. The zero-order valence-electron chi connectivity index (χ0n) is 14.3. The van der Waals surface area contributed by atoms with E-state index in [0.717, 1.165) is 12.1 Å². The van der Waals surface area contributed by atoms with Crippen molar-refractivity contribution in [3.8, 4) is 17.9 Å². The van der Waals surface area contributed by atoms with E-state index >= 15 is 0 Å². The first kappa shape index (κ1) is 19.8. The molecule has 10 nitrogen and oxygen atoms in total. The third-order valence-corrected chi connectivity index (χ3v) is 3.62. The van der Waals surface area contributed by atoms with Crippen LogP contribution in [0.1, 0.15) is 21.5 Å². The highest BCUT2D eigenvalue weighted by Crippen LogP contribution is 2.30. The van der Waals surface area contributed by atoms with Gasteiger partial charge in [-0.25, -0.2) is 4.79 Å². The molecule has 10 heteroatoms. The third-order valence-electron chi connectivity index (χ3n) is 3.62. The van der Waals surface area contributed by atoms with Crippen LogP contribution in [-0.2, 0) is 0 Å². The molecule has 0 radical (unpaired) electrons. The lowest BCUT2D eigenvalue weighted by molar-refractivity contribution is -0.395. The van der Waals surface area contributed by atoms with E-state index in [1.165, 1.54) is 37.3 Å². The molecule has 0 spiro atoms. The Morgan fingerprint density at radius 1 is 1.04 bits per heavy atom. The SMILES string of the molecule is Cc1c([N+](=O)[O-])cc(C(=O)Oc2ccc(C=C(C#N)C#N)cc2)cc1[N+](=O)[O-]. The van der Waals surface area contributed by atoms with Crippen LogP contribution in [0.15, 0.2) is 42.0 Å². The topological polar surface area (TPSA) is 160 Å². The number of hydrogen-bond acceptors (Lipinski definition) is 8. The van der Waals surface area contributed by atoms with Crippen molar-refractivity contribution in [1.82, 2.24) is 0 Å². The first-order chi connectivity index (χ1) is 13.3. The van der Waals surface area contributed by atoms with Gasteiger partial charge in [0.05, 0.1) is 15.4 Å². The summed E-state index contributed by atoms with van der Waals surface area (Å²) in [4.78, 5) is 32.8. The van der Waals surface area contributed by atoms with Gasteiger partial charge >= 0.3 is 5.97 Å². The molecular formula is C18H10N4O6. The number of hydrogen-bond donors (Lipinski definition) is 0. The average Bonchev–Trinajstić information content (AvgIpc) is 2.66. The van der Waals surface area contributed by atoms with Crippen LogP contribution in [0.2, 0.25) is 0 Å². The van der Waals surface area contributed by atoms with Crippen LogP contribution < -0.4 is 4.74 Å². The van der Waals surface area contributed by atoms with Crippen LogP contribution in [0.5, 0.6) is 5.75 Å². The minimum absolute atomic E-state index is 0.0727. The normalized spacial score (nSPS) is 9.54. The van der Waals surface area contributed by atoms with Crippen LogP contribution in [0.25, 0.3) is 6.08 Å². The highest BCUT2D eigenvalue weighted by molar-refractivity contribution is 5.93. The Kier molecular flexibility index (Phi) is 5.79. The summed E-state index contributed by atoms with van der Waals surface area (Å²) in [5, 5.41) is 39.6. The van der Waals surface area contributed by atoms with Gasteiger partial charge in [0, 0.05) is 12.1 Å². The van der Waals surface area contributed by atoms with E-state index in [2.05, 4.69) is 0 Å². The molecule has 0 atom stereocenters. The Morgan fingerprint density at radius 2 is 1.54 bits per heavy atom. The first-order valence-corrected chi connectivity index (χ1v) is 7.54. The number of nitro groups is 2. The Bertz CT molecular complexity index is 1040. The maximum Gasteiger partial charge on any atom is 0.344 e. The summed E-state index contributed by atoms with van der Waals surface area (Å²) < 4.78 is 5.09. The Hall–Kier alpha value is -4.57. The zero-order chi connectivity index (χ0) is 20.8. The minimum Gasteiger partial charge on any atom is -0.423 e. The highest BCUT2D eigenvalue weighted by Gasteiger charge is 2.26. The van der Waals surface area contributed by atoms with Gasteiger partial charge in [-0.1, -0.05) is 12.1 Å². The van der Waals surface area contributed by atoms with E-state index in [0.29, 0.717) is 5.56 Å². The van der Waals surface area contributed by atoms with Crippen LogP contribution in [-0.4, -0.2) is 15.8 Å². The van der Waals surface area contributed by atoms with Crippen LogP contribution >= 0.6 is 0 Å². The van der Waals surface area contributed by atoms with Gasteiger partial charge < -0.3 is 4.74 Å². The van der Waals surface area contributed by atoms with E-state index in [1.54, 1.807) is 12.1 Å². The Labute approximate surface area is 157 Å². The lowest BCUT2D eigenvalue weighted by Crippen LogP contribution is -2.10. The summed E-state index contributed by atoms with van der Waals surface area (Å²) in [5.74, 6) is -0.937. The number of nitrogens with zero attached hydrogens (tertiary/aromatic N) is 4. The monoisotopic (exact) mass is 378 g/mol. The molecule has 2 aromatic carbocycles. The molecule has 2 rings (SSSR count). The van der Waals surface area contributed by atoms with E-state index in [-0.39, 0.29) is 22.4 Å². The summed E-state index contributed by atoms with van der Waals surface area (Å²) in [6.07, 6.45) is 1.33. The third kappa shape index (κ3) is 4.33. The average molecular weight is 378 g/mol. The number of carbonyl (C=O) groups is 1. The predicted molar refractivity (Wildman–Crippen MR) is 95.1 cm³/mol.